The van der Waals surface area contributed by atoms with Crippen molar-refractivity contribution >= 4 is 45.4 Å². The number of rotatable bonds is 2. The zero-order valence-electron chi connectivity index (χ0n) is 16.1. The predicted molar refractivity (Wildman–Crippen MR) is 120 cm³/mol. The molecule has 0 saturated heterocycles. The summed E-state index contributed by atoms with van der Waals surface area (Å²) in [6.45, 7) is 6.07. The quantitative estimate of drug-likeness (QED) is 0.404. The maximum absolute atomic E-state index is 5.98. The van der Waals surface area contributed by atoms with E-state index < -0.39 is 0 Å². The van der Waals surface area contributed by atoms with Crippen LogP contribution in [0, 0.1) is 0 Å². The van der Waals surface area contributed by atoms with Crippen molar-refractivity contribution in [2.45, 2.75) is 6.92 Å². The molecule has 2 heterocycles. The van der Waals surface area contributed by atoms with Crippen LogP contribution in [0.4, 0.5) is 0 Å². The molecule has 5 aromatic rings. The van der Waals surface area contributed by atoms with E-state index in [1.165, 1.54) is 27.4 Å². The molecule has 0 atom stereocenters. The van der Waals surface area contributed by atoms with Crippen molar-refractivity contribution in [2.75, 3.05) is 0 Å². The zero-order valence-corrected chi connectivity index (χ0v) is 16.1. The van der Waals surface area contributed by atoms with Gasteiger partial charge in [-0.3, -0.25) is 0 Å². The first kappa shape index (κ1) is 16.6. The Morgan fingerprint density at radius 1 is 0.929 bits per heavy atom. The predicted octanol–water partition coefficient (Wildman–Crippen LogP) is 5.51. The second-order valence-corrected chi connectivity index (χ2v) is 7.12. The van der Waals surface area contributed by atoms with Crippen molar-refractivity contribution in [2.24, 2.45) is 7.05 Å². The summed E-state index contributed by atoms with van der Waals surface area (Å²) in [4.78, 5) is 0. The van der Waals surface area contributed by atoms with E-state index in [9.17, 15) is 0 Å². The first-order valence-electron chi connectivity index (χ1n) is 9.50. The number of hydrogen-bond donors (Lipinski definition) is 0. The maximum atomic E-state index is 5.98. The van der Waals surface area contributed by atoms with Crippen molar-refractivity contribution < 1.29 is 4.42 Å². The van der Waals surface area contributed by atoms with Crippen LogP contribution in [0.25, 0.3) is 56.6 Å². The average Bonchev–Trinajstić information content (AvgIpc) is 3.20. The van der Waals surface area contributed by atoms with Crippen LogP contribution in [0.15, 0.2) is 77.2 Å². The summed E-state index contributed by atoms with van der Waals surface area (Å²) in [5.41, 5.74) is 6.41. The van der Waals surface area contributed by atoms with E-state index in [-0.39, 0.29) is 0 Å². The Kier molecular flexibility index (Phi) is 3.73. The highest BCUT2D eigenvalue weighted by atomic mass is 16.3. The van der Waals surface area contributed by atoms with Gasteiger partial charge in [-0.05, 0) is 30.7 Å². The monoisotopic (exact) mass is 363 g/mol. The molecule has 0 radical (unpaired) electrons. The van der Waals surface area contributed by atoms with Gasteiger partial charge in [-0.15, -0.1) is 0 Å². The van der Waals surface area contributed by atoms with Gasteiger partial charge >= 0.3 is 0 Å². The number of furan rings is 1. The van der Waals surface area contributed by atoms with Gasteiger partial charge in [-0.2, -0.15) is 0 Å². The lowest BCUT2D eigenvalue weighted by atomic mass is 10.0. The fourth-order valence-electron chi connectivity index (χ4n) is 4.18. The van der Waals surface area contributed by atoms with E-state index in [4.69, 9.17) is 4.42 Å². The van der Waals surface area contributed by atoms with Crippen molar-refractivity contribution in [3.63, 3.8) is 0 Å². The number of nitrogens with zero attached hydrogens (tertiary/aromatic N) is 1. The summed E-state index contributed by atoms with van der Waals surface area (Å²) in [5.74, 6) is 0. The second-order valence-electron chi connectivity index (χ2n) is 7.12. The number of benzene rings is 3. The Hall–Kier alpha value is -3.52. The van der Waals surface area contributed by atoms with Gasteiger partial charge in [0.25, 0.3) is 0 Å². The van der Waals surface area contributed by atoms with E-state index in [2.05, 4.69) is 84.9 Å². The summed E-state index contributed by atoms with van der Waals surface area (Å²) < 4.78 is 8.26. The third-order valence-electron chi connectivity index (χ3n) is 5.50. The third kappa shape index (κ3) is 2.35. The highest BCUT2D eigenvalue weighted by Crippen LogP contribution is 2.35. The van der Waals surface area contributed by atoms with Crippen LogP contribution < -0.4 is 10.6 Å². The molecule has 0 amide bonds. The van der Waals surface area contributed by atoms with E-state index in [0.717, 1.165) is 21.8 Å². The summed E-state index contributed by atoms with van der Waals surface area (Å²) in [5, 5.41) is 4.69. The third-order valence-corrected chi connectivity index (χ3v) is 5.50. The van der Waals surface area contributed by atoms with Crippen molar-refractivity contribution in [3.05, 3.63) is 83.4 Å². The Bertz CT molecular complexity index is 1490. The maximum Gasteiger partial charge on any atom is 0.136 e. The minimum Gasteiger partial charge on any atom is -0.457 e. The number of aromatic nitrogens is 1. The molecule has 3 aromatic carbocycles. The molecule has 0 spiro atoms. The zero-order chi connectivity index (χ0) is 19.3. The molecule has 5 rings (SSSR count). The molecule has 28 heavy (non-hydrogen) atoms. The molecule has 0 bridgehead atoms. The molecule has 0 aliphatic heterocycles. The van der Waals surface area contributed by atoms with E-state index in [1.54, 1.807) is 0 Å². The van der Waals surface area contributed by atoms with Gasteiger partial charge in [0.2, 0.25) is 0 Å². The number of fused-ring (bicyclic) bond motifs is 4. The van der Waals surface area contributed by atoms with Crippen LogP contribution in [-0.2, 0) is 7.05 Å². The molecule has 0 aliphatic carbocycles. The number of aryl methyl sites for hydroxylation is 1. The summed E-state index contributed by atoms with van der Waals surface area (Å²) in [6, 6.07) is 21.5. The average molecular weight is 363 g/mol. The van der Waals surface area contributed by atoms with Crippen LogP contribution in [0.5, 0.6) is 0 Å². The molecule has 0 saturated carbocycles. The minimum atomic E-state index is 0.702. The number of hydrogen-bond acceptors (Lipinski definition) is 1. The van der Waals surface area contributed by atoms with Crippen LogP contribution in [0.2, 0.25) is 0 Å². The molecule has 0 fully saturated rings. The molecular formula is C26H21NO. The molecule has 2 heteroatoms. The van der Waals surface area contributed by atoms with Gasteiger partial charge in [0, 0.05) is 39.5 Å². The van der Waals surface area contributed by atoms with Gasteiger partial charge in [0.1, 0.15) is 11.0 Å². The topological polar surface area (TPSA) is 18.1 Å². The lowest BCUT2D eigenvalue weighted by Gasteiger charge is -2.07. The molecule has 0 N–H and O–H groups in total. The van der Waals surface area contributed by atoms with E-state index >= 15 is 0 Å². The SMILES string of the molecule is C=c1oc2cc(-c3cccc4c5ccccc5n(C)c34)ccc2/c1=C/C=C\C. The number of para-hydroxylation sites is 2. The minimum absolute atomic E-state index is 0.702. The smallest absolute Gasteiger partial charge is 0.136 e. The van der Waals surface area contributed by atoms with Crippen molar-refractivity contribution in [1.29, 1.82) is 0 Å². The van der Waals surface area contributed by atoms with Crippen LogP contribution in [0.1, 0.15) is 6.92 Å². The number of allylic oxidation sites excluding steroid dienone is 2. The van der Waals surface area contributed by atoms with Gasteiger partial charge in [0.15, 0.2) is 0 Å². The lowest BCUT2D eigenvalue weighted by molar-refractivity contribution is 0.577. The van der Waals surface area contributed by atoms with Gasteiger partial charge in [0.05, 0.1) is 5.52 Å². The first-order chi connectivity index (χ1) is 13.7. The first-order valence-corrected chi connectivity index (χ1v) is 9.50. The van der Waals surface area contributed by atoms with Crippen molar-refractivity contribution in [1.82, 2.24) is 4.57 Å². The highest BCUT2D eigenvalue weighted by Gasteiger charge is 2.13. The van der Waals surface area contributed by atoms with Gasteiger partial charge in [-0.25, -0.2) is 0 Å². The highest BCUT2D eigenvalue weighted by molar-refractivity contribution is 6.12. The van der Waals surface area contributed by atoms with Crippen molar-refractivity contribution in [3.8, 4) is 11.1 Å². The Morgan fingerprint density at radius 2 is 1.75 bits per heavy atom. The molecule has 0 aliphatic rings. The Morgan fingerprint density at radius 3 is 2.61 bits per heavy atom. The van der Waals surface area contributed by atoms with Crippen LogP contribution in [-0.4, -0.2) is 4.57 Å². The second kappa shape index (κ2) is 6.28. The molecular weight excluding hydrogens is 342 g/mol. The van der Waals surface area contributed by atoms with E-state index in [0.29, 0.717) is 5.42 Å². The molecule has 2 nitrogen and oxygen atoms in total. The fraction of sp³-hybridized carbons (Fsp3) is 0.0769. The summed E-state index contributed by atoms with van der Waals surface area (Å²) in [6.07, 6.45) is 6.08. The largest absolute Gasteiger partial charge is 0.457 e. The summed E-state index contributed by atoms with van der Waals surface area (Å²) in [7, 11) is 2.14. The van der Waals surface area contributed by atoms with Crippen LogP contribution in [0.3, 0.4) is 0 Å². The van der Waals surface area contributed by atoms with Gasteiger partial charge < -0.3 is 8.98 Å². The fourth-order valence-corrected chi connectivity index (χ4v) is 4.18. The normalized spacial score (nSPS) is 12.9. The molecule has 136 valence electrons. The summed E-state index contributed by atoms with van der Waals surface area (Å²) >= 11 is 0. The Balaban J connectivity index is 1.81. The standard InChI is InChI=1S/C26H21NO/c1-4-5-9-19-17(2)28-25-16-18(14-15-22(19)25)20-11-8-12-23-21-10-6-7-13-24(21)27(3)26(20)23/h4-16H,2H2,1,3H3/b5-4-,19-9+. The van der Waals surface area contributed by atoms with E-state index in [1.807, 2.05) is 19.1 Å². The Labute approximate surface area is 163 Å². The van der Waals surface area contributed by atoms with Gasteiger partial charge in [-0.1, -0.05) is 67.3 Å². The van der Waals surface area contributed by atoms with Crippen LogP contribution >= 0.6 is 0 Å². The molecule has 2 aromatic heterocycles. The lowest BCUT2D eigenvalue weighted by Crippen LogP contribution is -2.17. The molecule has 0 unspecified atom stereocenters.